The van der Waals surface area contributed by atoms with E-state index in [1.54, 1.807) is 0 Å². The van der Waals surface area contributed by atoms with Crippen LogP contribution >= 0.6 is 0 Å². The predicted molar refractivity (Wildman–Crippen MR) is 86.3 cm³/mol. The highest BCUT2D eigenvalue weighted by atomic mass is 16.2. The van der Waals surface area contributed by atoms with Gasteiger partial charge in [0.1, 0.15) is 0 Å². The lowest BCUT2D eigenvalue weighted by molar-refractivity contribution is -0.122. The van der Waals surface area contributed by atoms with Crippen LogP contribution in [0, 0.1) is 0 Å². The molecule has 1 amide bonds. The highest BCUT2D eigenvalue weighted by molar-refractivity contribution is 5.81. The maximum Gasteiger partial charge on any atom is 0.236 e. The minimum Gasteiger partial charge on any atom is -0.355 e. The van der Waals surface area contributed by atoms with Crippen LogP contribution in [0.5, 0.6) is 0 Å². The third kappa shape index (κ3) is 5.14. The molecule has 2 rings (SSSR count). The lowest BCUT2D eigenvalue weighted by Gasteiger charge is -2.20. The van der Waals surface area contributed by atoms with Gasteiger partial charge in [-0.15, -0.1) is 0 Å². The largest absolute Gasteiger partial charge is 0.355 e. The van der Waals surface area contributed by atoms with Crippen LogP contribution in [0.3, 0.4) is 0 Å². The Hall–Kier alpha value is -1.39. The van der Waals surface area contributed by atoms with Crippen LogP contribution in [0.15, 0.2) is 30.3 Å². The Labute approximate surface area is 127 Å². The summed E-state index contributed by atoms with van der Waals surface area (Å²) in [4.78, 5) is 14.2. The Morgan fingerprint density at radius 1 is 1.38 bits per heavy atom. The van der Waals surface area contributed by atoms with Gasteiger partial charge in [-0.25, -0.2) is 0 Å². The van der Waals surface area contributed by atoms with Gasteiger partial charge in [-0.05, 0) is 38.8 Å². The summed E-state index contributed by atoms with van der Waals surface area (Å²) in [6.07, 6.45) is 2.22. The van der Waals surface area contributed by atoms with Crippen LogP contribution in [0.2, 0.25) is 0 Å². The number of nitrogens with zero attached hydrogens (tertiary/aromatic N) is 1. The van der Waals surface area contributed by atoms with Gasteiger partial charge >= 0.3 is 0 Å². The molecular formula is C17H27N3O. The number of hydrogen-bond donors (Lipinski definition) is 2. The summed E-state index contributed by atoms with van der Waals surface area (Å²) in [6.45, 7) is 7.84. The van der Waals surface area contributed by atoms with Crippen molar-refractivity contribution in [3.63, 3.8) is 0 Å². The zero-order valence-electron chi connectivity index (χ0n) is 13.1. The molecule has 0 spiro atoms. The molecule has 0 bridgehead atoms. The molecule has 2 unspecified atom stereocenters. The van der Waals surface area contributed by atoms with Crippen LogP contribution in [0.25, 0.3) is 0 Å². The molecule has 2 atom stereocenters. The number of amides is 1. The van der Waals surface area contributed by atoms with Crippen LogP contribution in [-0.4, -0.2) is 49.1 Å². The SMILES string of the molecule is CCNC(=O)C(C)NC1CCN(CCc2ccccc2)C1. The molecule has 0 saturated carbocycles. The van der Waals surface area contributed by atoms with E-state index in [9.17, 15) is 4.79 Å². The second-order valence-corrected chi connectivity index (χ2v) is 5.80. The van der Waals surface area contributed by atoms with Crippen molar-refractivity contribution >= 4 is 5.91 Å². The van der Waals surface area contributed by atoms with Crippen molar-refractivity contribution in [3.8, 4) is 0 Å². The zero-order valence-corrected chi connectivity index (χ0v) is 13.1. The van der Waals surface area contributed by atoms with E-state index in [-0.39, 0.29) is 11.9 Å². The average molecular weight is 289 g/mol. The molecule has 4 nitrogen and oxygen atoms in total. The first-order chi connectivity index (χ1) is 10.2. The van der Waals surface area contributed by atoms with E-state index in [2.05, 4.69) is 45.9 Å². The van der Waals surface area contributed by atoms with Crippen molar-refractivity contribution in [3.05, 3.63) is 35.9 Å². The van der Waals surface area contributed by atoms with Crippen molar-refractivity contribution in [2.75, 3.05) is 26.2 Å². The number of likely N-dealkylation sites (tertiary alicyclic amines) is 1. The van der Waals surface area contributed by atoms with E-state index < -0.39 is 0 Å². The standard InChI is InChI=1S/C17H27N3O/c1-3-18-17(21)14(2)19-16-10-12-20(13-16)11-9-15-7-5-4-6-8-15/h4-8,14,16,19H,3,9-13H2,1-2H3,(H,18,21). The first-order valence-electron chi connectivity index (χ1n) is 7.99. The first-order valence-corrected chi connectivity index (χ1v) is 7.99. The van der Waals surface area contributed by atoms with Crippen LogP contribution in [0.4, 0.5) is 0 Å². The normalized spacial score (nSPS) is 20.4. The summed E-state index contributed by atoms with van der Waals surface area (Å²) >= 11 is 0. The Kier molecular flexibility index (Phi) is 6.21. The molecule has 1 fully saturated rings. The van der Waals surface area contributed by atoms with Gasteiger partial charge in [0, 0.05) is 25.7 Å². The van der Waals surface area contributed by atoms with Gasteiger partial charge in [-0.3, -0.25) is 4.79 Å². The molecule has 4 heteroatoms. The third-order valence-corrected chi connectivity index (χ3v) is 4.06. The summed E-state index contributed by atoms with van der Waals surface area (Å²) in [5, 5.41) is 6.30. The highest BCUT2D eigenvalue weighted by Crippen LogP contribution is 2.11. The Bertz CT molecular complexity index is 435. The molecule has 2 N–H and O–H groups in total. The van der Waals surface area contributed by atoms with E-state index in [1.807, 2.05) is 13.8 Å². The summed E-state index contributed by atoms with van der Waals surface area (Å²) < 4.78 is 0. The van der Waals surface area contributed by atoms with Gasteiger partial charge in [-0.1, -0.05) is 30.3 Å². The average Bonchev–Trinajstić information content (AvgIpc) is 2.94. The van der Waals surface area contributed by atoms with E-state index in [4.69, 9.17) is 0 Å². The number of rotatable bonds is 7. The Balaban J connectivity index is 1.70. The zero-order chi connectivity index (χ0) is 15.1. The van der Waals surface area contributed by atoms with Crippen molar-refractivity contribution < 1.29 is 4.79 Å². The molecule has 0 aliphatic carbocycles. The van der Waals surface area contributed by atoms with Crippen molar-refractivity contribution in [2.45, 2.75) is 38.8 Å². The molecule has 1 saturated heterocycles. The summed E-state index contributed by atoms with van der Waals surface area (Å²) in [5.41, 5.74) is 1.39. The number of likely N-dealkylation sites (N-methyl/N-ethyl adjacent to an activating group) is 1. The summed E-state index contributed by atoms with van der Waals surface area (Å²) in [6, 6.07) is 10.9. The van der Waals surface area contributed by atoms with Gasteiger partial charge in [0.2, 0.25) is 5.91 Å². The smallest absolute Gasteiger partial charge is 0.236 e. The second kappa shape index (κ2) is 8.15. The molecule has 1 aromatic carbocycles. The number of nitrogens with one attached hydrogen (secondary N) is 2. The molecule has 116 valence electrons. The molecule has 1 aliphatic rings. The summed E-state index contributed by atoms with van der Waals surface area (Å²) in [5.74, 6) is 0.0974. The minimum atomic E-state index is -0.107. The fraction of sp³-hybridized carbons (Fsp3) is 0.588. The van der Waals surface area contributed by atoms with Crippen LogP contribution < -0.4 is 10.6 Å². The van der Waals surface area contributed by atoms with Crippen molar-refractivity contribution in [2.24, 2.45) is 0 Å². The van der Waals surface area contributed by atoms with Crippen LogP contribution in [0.1, 0.15) is 25.8 Å². The molecule has 1 aromatic rings. The number of benzene rings is 1. The molecule has 1 heterocycles. The first kappa shape index (κ1) is 16.0. The van der Waals surface area contributed by atoms with Gasteiger partial charge in [-0.2, -0.15) is 0 Å². The maximum atomic E-state index is 11.7. The van der Waals surface area contributed by atoms with Gasteiger partial charge in [0.25, 0.3) is 0 Å². The lowest BCUT2D eigenvalue weighted by atomic mass is 10.1. The van der Waals surface area contributed by atoms with Crippen molar-refractivity contribution in [1.29, 1.82) is 0 Å². The summed E-state index contributed by atoms with van der Waals surface area (Å²) in [7, 11) is 0. The van der Waals surface area contributed by atoms with Crippen molar-refractivity contribution in [1.82, 2.24) is 15.5 Å². The Morgan fingerprint density at radius 3 is 2.86 bits per heavy atom. The molecule has 0 radical (unpaired) electrons. The maximum absolute atomic E-state index is 11.7. The number of carbonyl (C=O) groups is 1. The van der Waals surface area contributed by atoms with Gasteiger partial charge in [0.15, 0.2) is 0 Å². The topological polar surface area (TPSA) is 44.4 Å². The molecule has 0 aromatic heterocycles. The van der Waals surface area contributed by atoms with Gasteiger partial charge < -0.3 is 15.5 Å². The molecular weight excluding hydrogens is 262 g/mol. The highest BCUT2D eigenvalue weighted by Gasteiger charge is 2.24. The third-order valence-electron chi connectivity index (χ3n) is 4.06. The van der Waals surface area contributed by atoms with E-state index in [1.165, 1.54) is 5.56 Å². The number of carbonyl (C=O) groups excluding carboxylic acids is 1. The molecule has 1 aliphatic heterocycles. The van der Waals surface area contributed by atoms with E-state index in [0.717, 1.165) is 32.5 Å². The number of hydrogen-bond acceptors (Lipinski definition) is 3. The monoisotopic (exact) mass is 289 g/mol. The van der Waals surface area contributed by atoms with E-state index in [0.29, 0.717) is 12.6 Å². The molecule has 21 heavy (non-hydrogen) atoms. The quantitative estimate of drug-likeness (QED) is 0.798. The van der Waals surface area contributed by atoms with Gasteiger partial charge in [0.05, 0.1) is 6.04 Å². The second-order valence-electron chi connectivity index (χ2n) is 5.80. The Morgan fingerprint density at radius 2 is 2.14 bits per heavy atom. The lowest BCUT2D eigenvalue weighted by Crippen LogP contribution is -2.47. The van der Waals surface area contributed by atoms with Crippen LogP contribution in [-0.2, 0) is 11.2 Å². The fourth-order valence-electron chi connectivity index (χ4n) is 2.86. The fourth-order valence-corrected chi connectivity index (χ4v) is 2.86. The minimum absolute atomic E-state index is 0.0974. The predicted octanol–water partition coefficient (Wildman–Crippen LogP) is 1.42. The van der Waals surface area contributed by atoms with E-state index >= 15 is 0 Å².